The Bertz CT molecular complexity index is 2700. The topological polar surface area (TPSA) is 27.3 Å². The largest absolute Gasteiger partial charge is 0.355 e. The first-order chi connectivity index (χ1) is 28.7. The first-order valence-electron chi connectivity index (χ1n) is 19.8. The molecule has 0 fully saturated rings. The van der Waals surface area contributed by atoms with Gasteiger partial charge in [0.25, 0.3) is 0 Å². The first kappa shape index (κ1) is 34.8. The molecule has 58 heavy (non-hydrogen) atoms. The molecule has 9 aromatic carbocycles. The van der Waals surface area contributed by atoms with Crippen LogP contribution in [-0.4, -0.2) is 0 Å². The van der Waals surface area contributed by atoms with Crippen LogP contribution >= 0.6 is 0 Å². The molecule has 0 spiro atoms. The fourth-order valence-electron chi connectivity index (χ4n) is 8.71. The van der Waals surface area contributed by atoms with Crippen LogP contribution in [0, 0.1) is 0 Å². The Labute approximate surface area is 340 Å². The van der Waals surface area contributed by atoms with Crippen molar-refractivity contribution in [3.05, 3.63) is 259 Å². The van der Waals surface area contributed by atoms with E-state index < -0.39 is 5.41 Å². The smallest absolute Gasteiger partial charge is 0.0714 e. The number of hydrogen-bond donors (Lipinski definition) is 2. The summed E-state index contributed by atoms with van der Waals surface area (Å²) < 4.78 is 0. The number of hydrogen-bond acceptors (Lipinski definition) is 3. The first-order valence-corrected chi connectivity index (χ1v) is 19.8. The van der Waals surface area contributed by atoms with Crippen LogP contribution in [0.1, 0.15) is 22.3 Å². The Kier molecular flexibility index (Phi) is 9.09. The lowest BCUT2D eigenvalue weighted by Crippen LogP contribution is -2.28. The summed E-state index contributed by atoms with van der Waals surface area (Å²) in [6.07, 6.45) is 0. The van der Waals surface area contributed by atoms with E-state index in [4.69, 9.17) is 0 Å². The van der Waals surface area contributed by atoms with Crippen molar-refractivity contribution >= 4 is 39.8 Å². The molecule has 0 saturated heterocycles. The van der Waals surface area contributed by atoms with Gasteiger partial charge in [0.15, 0.2) is 0 Å². The molecule has 0 unspecified atom stereocenters. The normalized spacial score (nSPS) is 12.3. The quantitative estimate of drug-likeness (QED) is 0.146. The van der Waals surface area contributed by atoms with Gasteiger partial charge in [-0.25, -0.2) is 0 Å². The summed E-state index contributed by atoms with van der Waals surface area (Å²) >= 11 is 0. The van der Waals surface area contributed by atoms with Gasteiger partial charge in [0, 0.05) is 34.1 Å². The van der Waals surface area contributed by atoms with Crippen molar-refractivity contribution in [2.75, 3.05) is 15.5 Å². The van der Waals surface area contributed by atoms with Gasteiger partial charge in [0.1, 0.15) is 0 Å². The SMILES string of the molecule is c1ccc(Nc2cc(Nc3ccccc3)cc(N(c3ccc(-c4ccccc4)cc3)c3ccc4c(c3)C(c3ccccc3)(c3ccccc3)c3ccccc3-4)c2)cc1. The van der Waals surface area contributed by atoms with Crippen LogP contribution in [0.15, 0.2) is 237 Å². The molecule has 0 bridgehead atoms. The second-order valence-electron chi connectivity index (χ2n) is 14.8. The maximum atomic E-state index is 3.70. The summed E-state index contributed by atoms with van der Waals surface area (Å²) in [7, 11) is 0. The predicted molar refractivity (Wildman–Crippen MR) is 243 cm³/mol. The molecule has 0 saturated carbocycles. The van der Waals surface area contributed by atoms with Gasteiger partial charge < -0.3 is 15.5 Å². The lowest BCUT2D eigenvalue weighted by molar-refractivity contribution is 0.768. The van der Waals surface area contributed by atoms with Gasteiger partial charge in [-0.3, -0.25) is 0 Å². The third-order valence-electron chi connectivity index (χ3n) is 11.2. The molecule has 0 radical (unpaired) electrons. The van der Waals surface area contributed by atoms with Crippen LogP contribution in [0.3, 0.4) is 0 Å². The molecule has 9 aromatic rings. The van der Waals surface area contributed by atoms with E-state index >= 15 is 0 Å². The van der Waals surface area contributed by atoms with Gasteiger partial charge in [0.2, 0.25) is 0 Å². The van der Waals surface area contributed by atoms with E-state index in [1.807, 2.05) is 12.1 Å². The third kappa shape index (κ3) is 6.39. The zero-order valence-corrected chi connectivity index (χ0v) is 32.0. The van der Waals surface area contributed by atoms with E-state index in [2.05, 4.69) is 240 Å². The van der Waals surface area contributed by atoms with Crippen molar-refractivity contribution in [2.45, 2.75) is 5.41 Å². The van der Waals surface area contributed by atoms with E-state index in [0.29, 0.717) is 0 Å². The second-order valence-corrected chi connectivity index (χ2v) is 14.8. The highest BCUT2D eigenvalue weighted by Gasteiger charge is 2.46. The Morgan fingerprint density at radius 1 is 0.293 bits per heavy atom. The van der Waals surface area contributed by atoms with Gasteiger partial charge in [-0.1, -0.05) is 170 Å². The van der Waals surface area contributed by atoms with Gasteiger partial charge in [-0.15, -0.1) is 0 Å². The van der Waals surface area contributed by atoms with E-state index in [0.717, 1.165) is 39.8 Å². The minimum absolute atomic E-state index is 0.524. The molecule has 0 heterocycles. The molecule has 1 aliphatic carbocycles. The minimum atomic E-state index is -0.524. The molecular weight excluding hydrogens is 703 g/mol. The Morgan fingerprint density at radius 3 is 1.31 bits per heavy atom. The summed E-state index contributed by atoms with van der Waals surface area (Å²) in [5.41, 5.74) is 16.5. The van der Waals surface area contributed by atoms with Gasteiger partial charge >= 0.3 is 0 Å². The summed E-state index contributed by atoms with van der Waals surface area (Å²) in [6, 6.07) is 84.9. The highest BCUT2D eigenvalue weighted by molar-refractivity contribution is 5.91. The molecule has 276 valence electrons. The van der Waals surface area contributed by atoms with Gasteiger partial charge in [-0.05, 0) is 111 Å². The zero-order valence-electron chi connectivity index (χ0n) is 32.0. The number of nitrogens with one attached hydrogen (secondary N) is 2. The van der Waals surface area contributed by atoms with Crippen LogP contribution < -0.4 is 15.5 Å². The highest BCUT2D eigenvalue weighted by Crippen LogP contribution is 2.57. The predicted octanol–water partition coefficient (Wildman–Crippen LogP) is 14.7. The summed E-state index contributed by atoms with van der Waals surface area (Å²) in [5, 5.41) is 7.40. The van der Waals surface area contributed by atoms with E-state index in [9.17, 15) is 0 Å². The van der Waals surface area contributed by atoms with Crippen LogP contribution in [0.25, 0.3) is 22.3 Å². The van der Waals surface area contributed by atoms with Gasteiger partial charge in [-0.2, -0.15) is 0 Å². The zero-order chi connectivity index (χ0) is 38.7. The van der Waals surface area contributed by atoms with Crippen molar-refractivity contribution in [2.24, 2.45) is 0 Å². The van der Waals surface area contributed by atoms with Crippen molar-refractivity contribution < 1.29 is 0 Å². The average molecular weight is 744 g/mol. The molecular formula is C55H41N3. The number of benzene rings is 9. The van der Waals surface area contributed by atoms with Crippen LogP contribution in [0.5, 0.6) is 0 Å². The number of nitrogens with zero attached hydrogens (tertiary/aromatic N) is 1. The fraction of sp³-hybridized carbons (Fsp3) is 0.0182. The highest BCUT2D eigenvalue weighted by atomic mass is 15.1. The third-order valence-corrected chi connectivity index (χ3v) is 11.2. The van der Waals surface area contributed by atoms with E-state index in [1.165, 1.54) is 44.5 Å². The number of para-hydroxylation sites is 2. The monoisotopic (exact) mass is 743 g/mol. The lowest BCUT2D eigenvalue weighted by atomic mass is 9.67. The number of anilines is 7. The Balaban J connectivity index is 1.20. The standard InChI is InChI=1S/C55H41N3/c1-6-18-40(19-7-1)41-30-32-48(33-31-41)58(50-37-46(56-44-24-12-4-13-25-44)36-47(38-50)57-45-26-14-5-15-27-45)49-34-35-52-51-28-16-17-29-53(51)55(54(52)39-49,42-20-8-2-9-21-42)43-22-10-3-11-23-43/h1-39,56-57H. The molecule has 10 rings (SSSR count). The molecule has 2 N–H and O–H groups in total. The van der Waals surface area contributed by atoms with Crippen molar-refractivity contribution in [3.8, 4) is 22.3 Å². The minimum Gasteiger partial charge on any atom is -0.355 e. The van der Waals surface area contributed by atoms with Crippen LogP contribution in [0.2, 0.25) is 0 Å². The maximum absolute atomic E-state index is 3.70. The molecule has 3 nitrogen and oxygen atoms in total. The average Bonchev–Trinajstić information content (AvgIpc) is 3.59. The molecule has 0 aliphatic heterocycles. The van der Waals surface area contributed by atoms with E-state index in [-0.39, 0.29) is 0 Å². The Morgan fingerprint density at radius 2 is 0.741 bits per heavy atom. The van der Waals surface area contributed by atoms with Gasteiger partial charge in [0.05, 0.1) is 11.1 Å². The fourth-order valence-corrected chi connectivity index (χ4v) is 8.71. The molecule has 0 aromatic heterocycles. The maximum Gasteiger partial charge on any atom is 0.0714 e. The summed E-state index contributed by atoms with van der Waals surface area (Å²) in [5.74, 6) is 0. The van der Waals surface area contributed by atoms with Crippen molar-refractivity contribution in [1.29, 1.82) is 0 Å². The Hall–Kier alpha value is -7.62. The molecule has 0 atom stereocenters. The molecule has 0 amide bonds. The van der Waals surface area contributed by atoms with Crippen molar-refractivity contribution in [1.82, 2.24) is 0 Å². The molecule has 3 heteroatoms. The lowest BCUT2D eigenvalue weighted by Gasteiger charge is -2.35. The second kappa shape index (κ2) is 15.1. The summed E-state index contributed by atoms with van der Waals surface area (Å²) in [4.78, 5) is 2.39. The number of fused-ring (bicyclic) bond motifs is 3. The molecule has 1 aliphatic rings. The van der Waals surface area contributed by atoms with Crippen LogP contribution in [0.4, 0.5) is 39.8 Å². The van der Waals surface area contributed by atoms with Crippen LogP contribution in [-0.2, 0) is 5.41 Å². The summed E-state index contributed by atoms with van der Waals surface area (Å²) in [6.45, 7) is 0. The van der Waals surface area contributed by atoms with E-state index in [1.54, 1.807) is 0 Å². The van der Waals surface area contributed by atoms with Crippen molar-refractivity contribution in [3.63, 3.8) is 0 Å². The number of rotatable bonds is 10.